The molecular formula is C20H19ClN4. The van der Waals surface area contributed by atoms with E-state index in [1.165, 1.54) is 11.3 Å². The first kappa shape index (κ1) is 15.9. The van der Waals surface area contributed by atoms with E-state index in [1.54, 1.807) is 0 Å². The number of nitrogens with one attached hydrogen (secondary N) is 1. The Kier molecular flexibility index (Phi) is 4.28. The lowest BCUT2D eigenvalue weighted by molar-refractivity contribution is 0.757. The highest BCUT2D eigenvalue weighted by Gasteiger charge is 2.19. The molecule has 5 heteroatoms. The van der Waals surface area contributed by atoms with Crippen molar-refractivity contribution >= 4 is 34.6 Å². The van der Waals surface area contributed by atoms with Gasteiger partial charge >= 0.3 is 0 Å². The summed E-state index contributed by atoms with van der Waals surface area (Å²) in [6, 6.07) is 18.1. The number of hydrogen-bond donors (Lipinski definition) is 1. The molecular weight excluding hydrogens is 332 g/mol. The molecule has 1 aliphatic heterocycles. The first-order valence-electron chi connectivity index (χ1n) is 8.43. The molecule has 3 aromatic rings. The third kappa shape index (κ3) is 3.44. The van der Waals surface area contributed by atoms with Gasteiger partial charge in [-0.05, 0) is 55.7 Å². The fourth-order valence-corrected chi connectivity index (χ4v) is 3.33. The summed E-state index contributed by atoms with van der Waals surface area (Å²) in [5.41, 5.74) is 3.56. The zero-order valence-electron chi connectivity index (χ0n) is 14.0. The molecule has 1 aromatic heterocycles. The molecule has 4 rings (SSSR count). The van der Waals surface area contributed by atoms with Crippen LogP contribution in [0.2, 0.25) is 5.02 Å². The minimum atomic E-state index is 0.718. The zero-order chi connectivity index (χ0) is 17.2. The first-order valence-corrected chi connectivity index (χ1v) is 8.80. The van der Waals surface area contributed by atoms with Gasteiger partial charge in [-0.1, -0.05) is 29.8 Å². The summed E-state index contributed by atoms with van der Waals surface area (Å²) in [4.78, 5) is 11.5. The van der Waals surface area contributed by atoms with Gasteiger partial charge in [-0.3, -0.25) is 0 Å². The third-order valence-corrected chi connectivity index (χ3v) is 4.58. The molecule has 0 atom stereocenters. The molecule has 126 valence electrons. The summed E-state index contributed by atoms with van der Waals surface area (Å²) in [5, 5.41) is 4.06. The molecule has 0 saturated heterocycles. The molecule has 2 heterocycles. The van der Waals surface area contributed by atoms with Gasteiger partial charge in [-0.2, -0.15) is 0 Å². The maximum Gasteiger partial charge on any atom is 0.138 e. The summed E-state index contributed by atoms with van der Waals surface area (Å²) in [7, 11) is 0. The van der Waals surface area contributed by atoms with E-state index in [0.717, 1.165) is 47.6 Å². The lowest BCUT2D eigenvalue weighted by Crippen LogP contribution is -2.25. The van der Waals surface area contributed by atoms with Crippen molar-refractivity contribution in [3.8, 4) is 0 Å². The summed E-state index contributed by atoms with van der Waals surface area (Å²) in [5.74, 6) is 2.46. The molecule has 4 nitrogen and oxygen atoms in total. The molecule has 0 radical (unpaired) electrons. The van der Waals surface area contributed by atoms with Gasteiger partial charge in [0.1, 0.15) is 17.5 Å². The van der Waals surface area contributed by atoms with Gasteiger partial charge in [0.2, 0.25) is 0 Å². The van der Waals surface area contributed by atoms with Crippen LogP contribution in [0.5, 0.6) is 0 Å². The second-order valence-electron chi connectivity index (χ2n) is 6.17. The number of para-hydroxylation sites is 1. The van der Waals surface area contributed by atoms with E-state index < -0.39 is 0 Å². The Morgan fingerprint density at radius 3 is 2.68 bits per heavy atom. The first-order chi connectivity index (χ1) is 12.2. The van der Waals surface area contributed by atoms with E-state index in [2.05, 4.69) is 44.5 Å². The SMILES string of the molecule is Cc1nc(Nc2ccc(Cl)cc2)cc(N2CCCc3ccccc32)n1. The molecule has 0 aliphatic carbocycles. The van der Waals surface area contributed by atoms with Crippen LogP contribution in [0.1, 0.15) is 17.8 Å². The van der Waals surface area contributed by atoms with Crippen LogP contribution >= 0.6 is 11.6 Å². The number of fused-ring (bicyclic) bond motifs is 1. The average molecular weight is 351 g/mol. The number of anilines is 4. The van der Waals surface area contributed by atoms with Crippen LogP contribution in [0.3, 0.4) is 0 Å². The number of benzene rings is 2. The maximum atomic E-state index is 5.95. The van der Waals surface area contributed by atoms with Crippen molar-refractivity contribution < 1.29 is 0 Å². The molecule has 1 N–H and O–H groups in total. The standard InChI is InChI=1S/C20H19ClN4/c1-14-22-19(24-17-10-8-16(21)9-11-17)13-20(23-14)25-12-4-6-15-5-2-3-7-18(15)25/h2-3,5,7-11,13H,4,6,12H2,1H3,(H,22,23,24). The predicted molar refractivity (Wildman–Crippen MR) is 103 cm³/mol. The van der Waals surface area contributed by atoms with E-state index in [1.807, 2.05) is 37.3 Å². The number of halogens is 1. The Balaban J connectivity index is 1.67. The van der Waals surface area contributed by atoms with E-state index in [9.17, 15) is 0 Å². The normalized spacial score (nSPS) is 13.4. The second kappa shape index (κ2) is 6.73. The Morgan fingerprint density at radius 2 is 1.84 bits per heavy atom. The monoisotopic (exact) mass is 350 g/mol. The Hall–Kier alpha value is -2.59. The van der Waals surface area contributed by atoms with Crippen LogP contribution in [0.15, 0.2) is 54.6 Å². The molecule has 2 aromatic carbocycles. The molecule has 0 spiro atoms. The van der Waals surface area contributed by atoms with E-state index in [0.29, 0.717) is 0 Å². The lowest BCUT2D eigenvalue weighted by Gasteiger charge is -2.30. The molecule has 0 saturated carbocycles. The van der Waals surface area contributed by atoms with Crippen LogP contribution < -0.4 is 10.2 Å². The van der Waals surface area contributed by atoms with Crippen LogP contribution in [-0.4, -0.2) is 16.5 Å². The predicted octanol–water partition coefficient (Wildman–Crippen LogP) is 5.27. The molecule has 25 heavy (non-hydrogen) atoms. The Morgan fingerprint density at radius 1 is 1.04 bits per heavy atom. The van der Waals surface area contributed by atoms with Crippen LogP contribution in [0.4, 0.5) is 23.0 Å². The molecule has 0 bridgehead atoms. The zero-order valence-corrected chi connectivity index (χ0v) is 14.8. The minimum Gasteiger partial charge on any atom is -0.340 e. The number of aryl methyl sites for hydroxylation is 2. The topological polar surface area (TPSA) is 41.1 Å². The fraction of sp³-hybridized carbons (Fsp3) is 0.200. The third-order valence-electron chi connectivity index (χ3n) is 4.33. The molecule has 0 fully saturated rings. The van der Waals surface area contributed by atoms with Gasteiger partial charge < -0.3 is 10.2 Å². The largest absolute Gasteiger partial charge is 0.340 e. The quantitative estimate of drug-likeness (QED) is 0.699. The highest BCUT2D eigenvalue weighted by atomic mass is 35.5. The fourth-order valence-electron chi connectivity index (χ4n) is 3.21. The number of rotatable bonds is 3. The maximum absolute atomic E-state index is 5.95. The van der Waals surface area contributed by atoms with Crippen molar-refractivity contribution in [1.29, 1.82) is 0 Å². The Labute approximate surface area is 152 Å². The molecule has 0 amide bonds. The van der Waals surface area contributed by atoms with Gasteiger partial charge in [0, 0.05) is 29.0 Å². The summed E-state index contributed by atoms with van der Waals surface area (Å²) < 4.78 is 0. The van der Waals surface area contributed by atoms with Crippen molar-refractivity contribution in [2.75, 3.05) is 16.8 Å². The van der Waals surface area contributed by atoms with Crippen molar-refractivity contribution in [2.24, 2.45) is 0 Å². The smallest absolute Gasteiger partial charge is 0.138 e. The van der Waals surface area contributed by atoms with Crippen molar-refractivity contribution in [2.45, 2.75) is 19.8 Å². The van der Waals surface area contributed by atoms with Gasteiger partial charge in [-0.15, -0.1) is 0 Å². The summed E-state index contributed by atoms with van der Waals surface area (Å²) >= 11 is 5.95. The van der Waals surface area contributed by atoms with E-state index in [-0.39, 0.29) is 0 Å². The lowest BCUT2D eigenvalue weighted by atomic mass is 10.0. The van der Waals surface area contributed by atoms with Gasteiger partial charge in [0.15, 0.2) is 0 Å². The van der Waals surface area contributed by atoms with Crippen molar-refractivity contribution in [1.82, 2.24) is 9.97 Å². The van der Waals surface area contributed by atoms with E-state index >= 15 is 0 Å². The highest BCUT2D eigenvalue weighted by molar-refractivity contribution is 6.30. The average Bonchev–Trinajstić information content (AvgIpc) is 2.63. The summed E-state index contributed by atoms with van der Waals surface area (Å²) in [6.07, 6.45) is 2.24. The van der Waals surface area contributed by atoms with E-state index in [4.69, 9.17) is 11.6 Å². The second-order valence-corrected chi connectivity index (χ2v) is 6.61. The minimum absolute atomic E-state index is 0.718. The van der Waals surface area contributed by atoms with Gasteiger partial charge in [-0.25, -0.2) is 9.97 Å². The van der Waals surface area contributed by atoms with Gasteiger partial charge in [0.25, 0.3) is 0 Å². The van der Waals surface area contributed by atoms with Crippen LogP contribution in [0, 0.1) is 6.92 Å². The molecule has 0 unspecified atom stereocenters. The number of aromatic nitrogens is 2. The Bertz CT molecular complexity index is 892. The van der Waals surface area contributed by atoms with Gasteiger partial charge in [0.05, 0.1) is 0 Å². The van der Waals surface area contributed by atoms with Crippen LogP contribution in [-0.2, 0) is 6.42 Å². The molecule has 1 aliphatic rings. The number of nitrogens with zero attached hydrogens (tertiary/aromatic N) is 3. The highest BCUT2D eigenvalue weighted by Crippen LogP contribution is 2.33. The van der Waals surface area contributed by atoms with Crippen molar-refractivity contribution in [3.05, 3.63) is 71.0 Å². The van der Waals surface area contributed by atoms with Crippen LogP contribution in [0.25, 0.3) is 0 Å². The number of hydrogen-bond acceptors (Lipinski definition) is 4. The van der Waals surface area contributed by atoms with Crippen molar-refractivity contribution in [3.63, 3.8) is 0 Å². The summed E-state index contributed by atoms with van der Waals surface area (Å²) in [6.45, 7) is 2.89.